The molecule has 0 aliphatic carbocycles. The van der Waals surface area contributed by atoms with Crippen molar-refractivity contribution in [3.63, 3.8) is 0 Å². The van der Waals surface area contributed by atoms with Crippen molar-refractivity contribution in [2.75, 3.05) is 11.6 Å². The summed E-state index contributed by atoms with van der Waals surface area (Å²) in [6.07, 6.45) is 0.660. The maximum absolute atomic E-state index is 5.43. The van der Waals surface area contributed by atoms with Crippen LogP contribution in [0.5, 0.6) is 0 Å². The summed E-state index contributed by atoms with van der Waals surface area (Å²) in [5.41, 5.74) is 5.96. The Morgan fingerprint density at radius 3 is 2.83 bits per heavy atom. The number of rotatable bonds is 1. The Labute approximate surface area is 75.9 Å². The van der Waals surface area contributed by atoms with Crippen LogP contribution in [0.15, 0.2) is 12.1 Å². The summed E-state index contributed by atoms with van der Waals surface area (Å²) in [6.45, 7) is 0. The Bertz CT molecular complexity index is 296. The van der Waals surface area contributed by atoms with E-state index in [1.807, 2.05) is 0 Å². The lowest BCUT2D eigenvalue weighted by atomic mass is 10.3. The monoisotopic (exact) mass is 181 g/mol. The second kappa shape index (κ2) is 4.58. The van der Waals surface area contributed by atoms with Gasteiger partial charge < -0.3 is 5.73 Å². The second-order valence-corrected chi connectivity index (χ2v) is 2.46. The number of nitrogens with zero attached hydrogens (tertiary/aromatic N) is 2. The van der Waals surface area contributed by atoms with Gasteiger partial charge in [-0.1, -0.05) is 5.92 Å². The van der Waals surface area contributed by atoms with E-state index < -0.39 is 0 Å². The molecule has 12 heavy (non-hydrogen) atoms. The van der Waals surface area contributed by atoms with Crippen molar-refractivity contribution in [1.29, 1.82) is 0 Å². The van der Waals surface area contributed by atoms with Crippen molar-refractivity contribution in [2.45, 2.75) is 6.42 Å². The van der Waals surface area contributed by atoms with E-state index >= 15 is 0 Å². The van der Waals surface area contributed by atoms with Crippen LogP contribution in [-0.2, 0) is 0 Å². The molecule has 0 bridgehead atoms. The van der Waals surface area contributed by atoms with Crippen LogP contribution in [0.3, 0.4) is 0 Å². The molecule has 0 aromatic carbocycles. The van der Waals surface area contributed by atoms with Gasteiger partial charge in [0.2, 0.25) is 0 Å². The molecule has 0 spiro atoms. The predicted octanol–water partition coefficient (Wildman–Crippen LogP) is 1.04. The smallest absolute Gasteiger partial charge is 0.146 e. The van der Waals surface area contributed by atoms with Gasteiger partial charge in [0.05, 0.1) is 0 Å². The van der Waals surface area contributed by atoms with Crippen molar-refractivity contribution in [3.8, 4) is 11.8 Å². The molecule has 1 heterocycles. The zero-order valence-electron chi connectivity index (χ0n) is 6.42. The first-order valence-electron chi connectivity index (χ1n) is 3.47. The molecule has 1 rings (SSSR count). The van der Waals surface area contributed by atoms with Gasteiger partial charge in [-0.2, -0.15) is 0 Å². The van der Waals surface area contributed by atoms with Crippen molar-refractivity contribution in [2.24, 2.45) is 0 Å². The van der Waals surface area contributed by atoms with Gasteiger partial charge >= 0.3 is 0 Å². The highest BCUT2D eigenvalue weighted by Gasteiger charge is 1.88. The molecule has 0 saturated heterocycles. The van der Waals surface area contributed by atoms with Gasteiger partial charge in [-0.3, -0.25) is 0 Å². The summed E-state index contributed by atoms with van der Waals surface area (Å²) >= 11 is 5.43. The quantitative estimate of drug-likeness (QED) is 0.520. The fourth-order valence-corrected chi connectivity index (χ4v) is 0.704. The first kappa shape index (κ1) is 8.82. The van der Waals surface area contributed by atoms with Crippen LogP contribution < -0.4 is 5.73 Å². The van der Waals surface area contributed by atoms with Crippen molar-refractivity contribution >= 4 is 17.4 Å². The molecule has 0 amide bonds. The summed E-state index contributed by atoms with van der Waals surface area (Å²) in [7, 11) is 0. The van der Waals surface area contributed by atoms with Crippen molar-refractivity contribution in [1.82, 2.24) is 10.2 Å². The first-order chi connectivity index (χ1) is 5.83. The van der Waals surface area contributed by atoms with Gasteiger partial charge in [0.1, 0.15) is 11.5 Å². The molecule has 4 heteroatoms. The van der Waals surface area contributed by atoms with Gasteiger partial charge in [0.25, 0.3) is 0 Å². The fraction of sp³-hybridized carbons (Fsp3) is 0.250. The minimum atomic E-state index is 0.401. The van der Waals surface area contributed by atoms with Crippen molar-refractivity contribution in [3.05, 3.63) is 17.8 Å². The lowest BCUT2D eigenvalue weighted by molar-refractivity contribution is 1.02. The number of aromatic nitrogens is 2. The second-order valence-electron chi connectivity index (χ2n) is 2.08. The van der Waals surface area contributed by atoms with Crippen LogP contribution in [0, 0.1) is 11.8 Å². The number of hydrogen-bond donors (Lipinski definition) is 1. The third kappa shape index (κ3) is 2.77. The molecule has 1 aromatic heterocycles. The molecule has 2 N–H and O–H groups in total. The van der Waals surface area contributed by atoms with E-state index in [0.29, 0.717) is 23.8 Å². The molecule has 0 radical (unpaired) electrons. The Hall–Kier alpha value is -1.27. The van der Waals surface area contributed by atoms with Gasteiger partial charge in [-0.25, -0.2) is 0 Å². The van der Waals surface area contributed by atoms with Gasteiger partial charge in [0, 0.05) is 12.3 Å². The van der Waals surface area contributed by atoms with Crippen LogP contribution >= 0.6 is 11.6 Å². The molecule has 62 valence electrons. The van der Waals surface area contributed by atoms with Crippen LogP contribution in [0.25, 0.3) is 0 Å². The number of anilines is 1. The summed E-state index contributed by atoms with van der Waals surface area (Å²) in [5.74, 6) is 6.59. The molecule has 1 aromatic rings. The van der Waals surface area contributed by atoms with E-state index in [-0.39, 0.29) is 0 Å². The minimum absolute atomic E-state index is 0.401. The Morgan fingerprint density at radius 2 is 2.25 bits per heavy atom. The van der Waals surface area contributed by atoms with Crippen LogP contribution in [0.4, 0.5) is 5.82 Å². The zero-order valence-corrected chi connectivity index (χ0v) is 7.17. The van der Waals surface area contributed by atoms with Crippen LogP contribution in [0.1, 0.15) is 12.1 Å². The lowest BCUT2D eigenvalue weighted by Gasteiger charge is -1.88. The third-order valence-corrected chi connectivity index (χ3v) is 1.31. The number of alkyl halides is 1. The normalized spacial score (nSPS) is 8.75. The highest BCUT2D eigenvalue weighted by molar-refractivity contribution is 6.18. The summed E-state index contributed by atoms with van der Waals surface area (Å²) in [5, 5.41) is 7.41. The number of nitrogen functional groups attached to an aromatic ring is 1. The molecule has 0 unspecified atom stereocenters. The van der Waals surface area contributed by atoms with Crippen LogP contribution in [-0.4, -0.2) is 16.1 Å². The maximum atomic E-state index is 5.43. The summed E-state index contributed by atoms with van der Waals surface area (Å²) in [6, 6.07) is 3.39. The van der Waals surface area contributed by atoms with E-state index in [1.54, 1.807) is 12.1 Å². The van der Waals surface area contributed by atoms with Gasteiger partial charge in [-0.05, 0) is 18.1 Å². The van der Waals surface area contributed by atoms with Crippen LogP contribution in [0.2, 0.25) is 0 Å². The van der Waals surface area contributed by atoms with Crippen molar-refractivity contribution < 1.29 is 0 Å². The highest BCUT2D eigenvalue weighted by Crippen LogP contribution is 1.94. The first-order valence-corrected chi connectivity index (χ1v) is 4.00. The summed E-state index contributed by atoms with van der Waals surface area (Å²) in [4.78, 5) is 0. The Morgan fingerprint density at radius 1 is 1.42 bits per heavy atom. The van der Waals surface area contributed by atoms with E-state index in [2.05, 4.69) is 22.0 Å². The van der Waals surface area contributed by atoms with E-state index in [4.69, 9.17) is 17.3 Å². The molecule has 0 atom stereocenters. The third-order valence-electron chi connectivity index (χ3n) is 1.12. The predicted molar refractivity (Wildman–Crippen MR) is 48.7 cm³/mol. The Balaban J connectivity index is 2.66. The molecule has 0 aliphatic heterocycles. The highest BCUT2D eigenvalue weighted by atomic mass is 35.5. The van der Waals surface area contributed by atoms with E-state index in [9.17, 15) is 0 Å². The molecular weight excluding hydrogens is 174 g/mol. The fourth-order valence-electron chi connectivity index (χ4n) is 0.610. The minimum Gasteiger partial charge on any atom is -0.382 e. The standard InChI is InChI=1S/C8H8ClN3/c9-6-2-1-3-7-4-5-8(10)12-11-7/h4-5H,2,6H2,(H2,10,12). The van der Waals surface area contributed by atoms with E-state index in [0.717, 1.165) is 0 Å². The Kier molecular flexibility index (Phi) is 3.36. The molecule has 3 nitrogen and oxygen atoms in total. The van der Waals surface area contributed by atoms with Gasteiger partial charge in [0.15, 0.2) is 0 Å². The molecular formula is C8H8ClN3. The number of nitrogens with two attached hydrogens (primary N) is 1. The average Bonchev–Trinajstić information content (AvgIpc) is 2.09. The molecule has 0 aliphatic rings. The van der Waals surface area contributed by atoms with E-state index in [1.165, 1.54) is 0 Å². The lowest BCUT2D eigenvalue weighted by Crippen LogP contribution is -1.93. The topological polar surface area (TPSA) is 51.8 Å². The molecule has 0 fully saturated rings. The zero-order chi connectivity index (χ0) is 8.81. The maximum Gasteiger partial charge on any atom is 0.146 e. The number of hydrogen-bond acceptors (Lipinski definition) is 3. The SMILES string of the molecule is Nc1ccc(C#CCCCl)nn1. The largest absolute Gasteiger partial charge is 0.382 e. The van der Waals surface area contributed by atoms with Gasteiger partial charge in [-0.15, -0.1) is 21.8 Å². The number of halogens is 1. The average molecular weight is 182 g/mol. The molecule has 0 saturated carbocycles. The summed E-state index contributed by atoms with van der Waals surface area (Å²) < 4.78 is 0.